The molecule has 0 fully saturated rings. The minimum Gasteiger partial charge on any atom is -0.507 e. The van der Waals surface area contributed by atoms with Crippen LogP contribution in [0.15, 0.2) is 54.6 Å². The first-order valence-corrected chi connectivity index (χ1v) is 7.24. The van der Waals surface area contributed by atoms with Crippen molar-refractivity contribution < 1.29 is 19.4 Å². The van der Waals surface area contributed by atoms with Crippen LogP contribution in [0.2, 0.25) is 5.02 Å². The number of fused-ring (bicyclic) bond motifs is 1. The maximum atomic E-state index is 12.4. The van der Waals surface area contributed by atoms with Crippen molar-refractivity contribution in [2.75, 3.05) is 7.11 Å². The van der Waals surface area contributed by atoms with Gasteiger partial charge >= 0.3 is 5.97 Å². The predicted molar refractivity (Wildman–Crippen MR) is 88.6 cm³/mol. The summed E-state index contributed by atoms with van der Waals surface area (Å²) in [6.45, 7) is 0. The lowest BCUT2D eigenvalue weighted by Gasteiger charge is -2.11. The van der Waals surface area contributed by atoms with Gasteiger partial charge in [0.1, 0.15) is 11.3 Å². The van der Waals surface area contributed by atoms with Gasteiger partial charge in [0.05, 0.1) is 7.11 Å². The second kappa shape index (κ2) is 6.18. The molecule has 3 aromatic carbocycles. The van der Waals surface area contributed by atoms with E-state index >= 15 is 0 Å². The molecule has 0 saturated carbocycles. The molecule has 0 aliphatic heterocycles. The van der Waals surface area contributed by atoms with Crippen LogP contribution in [0, 0.1) is 0 Å². The van der Waals surface area contributed by atoms with Gasteiger partial charge in [-0.25, -0.2) is 4.79 Å². The number of phenols is 1. The zero-order chi connectivity index (χ0) is 16.4. The Hall–Kier alpha value is -2.72. The van der Waals surface area contributed by atoms with Crippen molar-refractivity contribution in [1.29, 1.82) is 0 Å². The summed E-state index contributed by atoms with van der Waals surface area (Å²) in [6.07, 6.45) is 0. The fraction of sp³-hybridized carbons (Fsp3) is 0.0556. The van der Waals surface area contributed by atoms with Crippen LogP contribution >= 0.6 is 11.6 Å². The van der Waals surface area contributed by atoms with E-state index in [1.165, 1.54) is 19.2 Å². The van der Waals surface area contributed by atoms with E-state index in [2.05, 4.69) is 0 Å². The minimum atomic E-state index is -0.686. The maximum Gasteiger partial charge on any atom is 0.347 e. The highest BCUT2D eigenvalue weighted by atomic mass is 35.5. The van der Waals surface area contributed by atoms with E-state index in [4.69, 9.17) is 21.1 Å². The number of carbonyl (C=O) groups excluding carboxylic acids is 1. The predicted octanol–water partition coefficient (Wildman–Crippen LogP) is 4.43. The summed E-state index contributed by atoms with van der Waals surface area (Å²) in [6, 6.07) is 15.2. The normalized spacial score (nSPS) is 10.5. The van der Waals surface area contributed by atoms with E-state index in [-0.39, 0.29) is 17.1 Å². The average molecular weight is 329 g/mol. The van der Waals surface area contributed by atoms with Crippen LogP contribution < -0.4 is 9.47 Å². The number of hydrogen-bond donors (Lipinski definition) is 1. The Bertz CT molecular complexity index is 889. The van der Waals surface area contributed by atoms with E-state index in [1.807, 2.05) is 24.3 Å². The Morgan fingerprint density at radius 1 is 1.00 bits per heavy atom. The Labute approximate surface area is 137 Å². The third-order valence-electron chi connectivity index (χ3n) is 3.41. The first-order valence-electron chi connectivity index (χ1n) is 6.86. The first kappa shape index (κ1) is 15.2. The van der Waals surface area contributed by atoms with Crippen LogP contribution in [0.5, 0.6) is 17.2 Å². The maximum absolute atomic E-state index is 12.4. The standard InChI is InChI=1S/C18H13ClO4/c1-22-16-7-6-13(19)10-17(16)23-18(21)14-8-11-4-2-3-5-12(11)9-15(14)20/h2-10,20H,1H3. The molecule has 0 aromatic heterocycles. The smallest absolute Gasteiger partial charge is 0.347 e. The molecular formula is C18H13ClO4. The second-order valence-corrected chi connectivity index (χ2v) is 5.34. The molecule has 1 N–H and O–H groups in total. The number of benzene rings is 3. The van der Waals surface area contributed by atoms with Crippen molar-refractivity contribution >= 4 is 28.3 Å². The van der Waals surface area contributed by atoms with Gasteiger partial charge in [0.25, 0.3) is 0 Å². The monoisotopic (exact) mass is 328 g/mol. The van der Waals surface area contributed by atoms with Gasteiger partial charge in [-0.3, -0.25) is 0 Å². The molecular weight excluding hydrogens is 316 g/mol. The van der Waals surface area contributed by atoms with Crippen LogP contribution in [0.1, 0.15) is 10.4 Å². The number of methoxy groups -OCH3 is 1. The van der Waals surface area contributed by atoms with Crippen LogP contribution in [0.25, 0.3) is 10.8 Å². The third kappa shape index (κ3) is 3.07. The number of phenolic OH excluding ortho intramolecular Hbond substituents is 1. The van der Waals surface area contributed by atoms with Gasteiger partial charge in [-0.2, -0.15) is 0 Å². The molecule has 0 bridgehead atoms. The zero-order valence-corrected chi connectivity index (χ0v) is 13.0. The van der Waals surface area contributed by atoms with E-state index in [0.717, 1.165) is 10.8 Å². The number of aromatic hydroxyl groups is 1. The summed E-state index contributed by atoms with van der Waals surface area (Å²) in [4.78, 5) is 12.4. The lowest BCUT2D eigenvalue weighted by Crippen LogP contribution is -2.09. The van der Waals surface area contributed by atoms with Crippen molar-refractivity contribution in [2.45, 2.75) is 0 Å². The largest absolute Gasteiger partial charge is 0.507 e. The van der Waals surface area contributed by atoms with Gasteiger partial charge in [0.15, 0.2) is 11.5 Å². The Balaban J connectivity index is 1.98. The van der Waals surface area contributed by atoms with E-state index < -0.39 is 5.97 Å². The van der Waals surface area contributed by atoms with Crippen molar-refractivity contribution in [3.05, 3.63) is 65.2 Å². The molecule has 0 aliphatic rings. The van der Waals surface area contributed by atoms with Crippen LogP contribution in [0.3, 0.4) is 0 Å². The highest BCUT2D eigenvalue weighted by Crippen LogP contribution is 2.32. The molecule has 0 atom stereocenters. The van der Waals surface area contributed by atoms with Crippen molar-refractivity contribution in [2.24, 2.45) is 0 Å². The Kier molecular flexibility index (Phi) is 4.08. The van der Waals surface area contributed by atoms with Gasteiger partial charge in [0, 0.05) is 11.1 Å². The quantitative estimate of drug-likeness (QED) is 0.571. The first-order chi connectivity index (χ1) is 11.1. The highest BCUT2D eigenvalue weighted by Gasteiger charge is 2.17. The topological polar surface area (TPSA) is 55.8 Å². The molecule has 116 valence electrons. The molecule has 0 aliphatic carbocycles. The molecule has 0 spiro atoms. The fourth-order valence-electron chi connectivity index (χ4n) is 2.28. The molecule has 5 heteroatoms. The van der Waals surface area contributed by atoms with E-state index in [1.54, 1.807) is 18.2 Å². The highest BCUT2D eigenvalue weighted by molar-refractivity contribution is 6.30. The third-order valence-corrected chi connectivity index (χ3v) is 3.65. The number of halogens is 1. The average Bonchev–Trinajstić information content (AvgIpc) is 2.54. The molecule has 0 unspecified atom stereocenters. The number of hydrogen-bond acceptors (Lipinski definition) is 4. The van der Waals surface area contributed by atoms with Crippen molar-refractivity contribution in [3.8, 4) is 17.2 Å². The van der Waals surface area contributed by atoms with E-state index in [9.17, 15) is 9.90 Å². The molecule has 0 heterocycles. The molecule has 0 saturated heterocycles. The fourth-order valence-corrected chi connectivity index (χ4v) is 2.44. The van der Waals surface area contributed by atoms with Gasteiger partial charge in [-0.1, -0.05) is 35.9 Å². The number of esters is 1. The van der Waals surface area contributed by atoms with Crippen molar-refractivity contribution in [3.63, 3.8) is 0 Å². The molecule has 3 aromatic rings. The molecule has 23 heavy (non-hydrogen) atoms. The van der Waals surface area contributed by atoms with Gasteiger partial charge in [-0.05, 0) is 35.0 Å². The Morgan fingerprint density at radius 2 is 1.70 bits per heavy atom. The summed E-state index contributed by atoms with van der Waals surface area (Å²) >= 11 is 5.92. The summed E-state index contributed by atoms with van der Waals surface area (Å²) in [5.41, 5.74) is 0.0747. The Morgan fingerprint density at radius 3 is 2.39 bits per heavy atom. The lowest BCUT2D eigenvalue weighted by atomic mass is 10.1. The van der Waals surface area contributed by atoms with Gasteiger partial charge in [0.2, 0.25) is 0 Å². The van der Waals surface area contributed by atoms with E-state index in [0.29, 0.717) is 10.8 Å². The molecule has 4 nitrogen and oxygen atoms in total. The van der Waals surface area contributed by atoms with Gasteiger partial charge < -0.3 is 14.6 Å². The minimum absolute atomic E-state index is 0.0747. The molecule has 0 radical (unpaired) electrons. The summed E-state index contributed by atoms with van der Waals surface area (Å²) < 4.78 is 10.5. The van der Waals surface area contributed by atoms with Crippen LogP contribution in [-0.2, 0) is 0 Å². The SMILES string of the molecule is COc1ccc(Cl)cc1OC(=O)c1cc2ccccc2cc1O. The summed E-state index contributed by atoms with van der Waals surface area (Å²) in [5.74, 6) is -0.260. The second-order valence-electron chi connectivity index (χ2n) is 4.90. The molecule has 0 amide bonds. The zero-order valence-electron chi connectivity index (χ0n) is 12.2. The number of rotatable bonds is 3. The van der Waals surface area contributed by atoms with Crippen LogP contribution in [-0.4, -0.2) is 18.2 Å². The van der Waals surface area contributed by atoms with Gasteiger partial charge in [-0.15, -0.1) is 0 Å². The molecule has 3 rings (SSSR count). The lowest BCUT2D eigenvalue weighted by molar-refractivity contribution is 0.0727. The number of ether oxygens (including phenoxy) is 2. The van der Waals surface area contributed by atoms with Crippen LogP contribution in [0.4, 0.5) is 0 Å². The van der Waals surface area contributed by atoms with Crippen molar-refractivity contribution in [1.82, 2.24) is 0 Å². The summed E-state index contributed by atoms with van der Waals surface area (Å²) in [5, 5.41) is 12.2. The number of carbonyl (C=O) groups is 1. The summed E-state index contributed by atoms with van der Waals surface area (Å²) in [7, 11) is 1.47.